The van der Waals surface area contributed by atoms with E-state index < -0.39 is 10.2 Å². The van der Waals surface area contributed by atoms with Crippen molar-refractivity contribution in [2.45, 2.75) is 0 Å². The molecular formula is C18H21FN4O5S. The van der Waals surface area contributed by atoms with E-state index in [0.29, 0.717) is 37.6 Å². The molecule has 0 aliphatic carbocycles. The zero-order valence-corrected chi connectivity index (χ0v) is 16.5. The van der Waals surface area contributed by atoms with Crippen LogP contribution in [0.25, 0.3) is 11.3 Å². The summed E-state index contributed by atoms with van der Waals surface area (Å²) in [5, 5.41) is 3.88. The summed E-state index contributed by atoms with van der Waals surface area (Å²) in [5.74, 6) is -0.651. The Bertz CT molecular complexity index is 964. The third kappa shape index (κ3) is 4.17. The van der Waals surface area contributed by atoms with Gasteiger partial charge in [0.05, 0.1) is 13.2 Å². The summed E-state index contributed by atoms with van der Waals surface area (Å²) in [7, 11) is -3.55. The Morgan fingerprint density at radius 1 is 0.966 bits per heavy atom. The second-order valence-corrected chi connectivity index (χ2v) is 8.72. The average molecular weight is 424 g/mol. The van der Waals surface area contributed by atoms with E-state index in [1.54, 1.807) is 17.0 Å². The van der Waals surface area contributed by atoms with Crippen molar-refractivity contribution in [2.24, 2.45) is 0 Å². The number of carbonyl (C=O) groups is 1. The van der Waals surface area contributed by atoms with E-state index in [1.165, 1.54) is 26.8 Å². The lowest BCUT2D eigenvalue weighted by molar-refractivity contribution is 0.0612. The first kappa shape index (κ1) is 20.0. The molecule has 2 aliphatic rings. The van der Waals surface area contributed by atoms with Crippen LogP contribution in [0.1, 0.15) is 10.6 Å². The van der Waals surface area contributed by atoms with Crippen LogP contribution in [0.4, 0.5) is 4.39 Å². The van der Waals surface area contributed by atoms with Gasteiger partial charge in [-0.2, -0.15) is 17.0 Å². The molecule has 2 aliphatic heterocycles. The van der Waals surface area contributed by atoms with Crippen LogP contribution in [0.15, 0.2) is 34.9 Å². The molecule has 0 unspecified atom stereocenters. The quantitative estimate of drug-likeness (QED) is 0.721. The Morgan fingerprint density at radius 3 is 2.24 bits per heavy atom. The predicted molar refractivity (Wildman–Crippen MR) is 101 cm³/mol. The lowest BCUT2D eigenvalue weighted by Crippen LogP contribution is -2.55. The first-order valence-electron chi connectivity index (χ1n) is 9.30. The second kappa shape index (κ2) is 8.19. The topological polar surface area (TPSA) is 96.2 Å². The van der Waals surface area contributed by atoms with Crippen LogP contribution < -0.4 is 0 Å². The minimum Gasteiger partial charge on any atom is -0.379 e. The van der Waals surface area contributed by atoms with Crippen LogP contribution in [0.2, 0.25) is 0 Å². The van der Waals surface area contributed by atoms with Gasteiger partial charge in [0, 0.05) is 50.9 Å². The van der Waals surface area contributed by atoms with Crippen molar-refractivity contribution in [3.8, 4) is 11.3 Å². The van der Waals surface area contributed by atoms with Gasteiger partial charge in [0.1, 0.15) is 11.5 Å². The Morgan fingerprint density at radius 2 is 1.59 bits per heavy atom. The van der Waals surface area contributed by atoms with Crippen molar-refractivity contribution in [2.75, 3.05) is 52.5 Å². The lowest BCUT2D eigenvalue weighted by atomic mass is 10.1. The van der Waals surface area contributed by atoms with Crippen LogP contribution >= 0.6 is 0 Å². The smallest absolute Gasteiger partial charge is 0.292 e. The molecule has 3 heterocycles. The second-order valence-electron chi connectivity index (χ2n) is 6.79. The van der Waals surface area contributed by atoms with E-state index in [1.807, 2.05) is 0 Å². The number of morpholine rings is 1. The highest BCUT2D eigenvalue weighted by Crippen LogP contribution is 2.21. The largest absolute Gasteiger partial charge is 0.379 e. The molecule has 1 aromatic carbocycles. The maximum atomic E-state index is 13.1. The van der Waals surface area contributed by atoms with E-state index in [-0.39, 0.29) is 43.7 Å². The van der Waals surface area contributed by atoms with E-state index in [9.17, 15) is 17.6 Å². The highest BCUT2D eigenvalue weighted by Gasteiger charge is 2.35. The van der Waals surface area contributed by atoms with Gasteiger partial charge in [0.2, 0.25) is 5.76 Å². The lowest BCUT2D eigenvalue weighted by Gasteiger charge is -2.37. The number of hydrogen-bond donors (Lipinski definition) is 0. The number of carbonyl (C=O) groups excluding carboxylic acids is 1. The molecule has 2 aromatic rings. The molecular weight excluding hydrogens is 403 g/mol. The first-order valence-corrected chi connectivity index (χ1v) is 10.7. The summed E-state index contributed by atoms with van der Waals surface area (Å²) in [4.78, 5) is 14.2. The van der Waals surface area contributed by atoms with Gasteiger partial charge in [-0.25, -0.2) is 4.39 Å². The van der Waals surface area contributed by atoms with Gasteiger partial charge < -0.3 is 14.2 Å². The zero-order valence-electron chi connectivity index (χ0n) is 15.7. The van der Waals surface area contributed by atoms with Crippen molar-refractivity contribution in [3.63, 3.8) is 0 Å². The van der Waals surface area contributed by atoms with Crippen molar-refractivity contribution in [1.29, 1.82) is 0 Å². The van der Waals surface area contributed by atoms with E-state index >= 15 is 0 Å². The van der Waals surface area contributed by atoms with Crippen molar-refractivity contribution < 1.29 is 26.9 Å². The maximum Gasteiger partial charge on any atom is 0.292 e. The van der Waals surface area contributed by atoms with E-state index in [0.717, 1.165) is 0 Å². The normalized spacial score (nSPS) is 19.4. The molecule has 11 heteroatoms. The molecule has 4 rings (SSSR count). The molecule has 0 saturated carbocycles. The van der Waals surface area contributed by atoms with Crippen LogP contribution in [0.3, 0.4) is 0 Å². The SMILES string of the molecule is O=C(c1cc(-c2ccc(F)cc2)no1)N1CCN(S(=O)(=O)N2CCOCC2)CC1. The third-order valence-corrected chi connectivity index (χ3v) is 7.04. The fourth-order valence-electron chi connectivity index (χ4n) is 3.35. The number of benzene rings is 1. The van der Waals surface area contributed by atoms with Crippen molar-refractivity contribution in [3.05, 3.63) is 41.9 Å². The number of piperazine rings is 1. The van der Waals surface area contributed by atoms with Gasteiger partial charge in [-0.05, 0) is 24.3 Å². The molecule has 1 aromatic heterocycles. The molecule has 1 amide bonds. The molecule has 29 heavy (non-hydrogen) atoms. The highest BCUT2D eigenvalue weighted by atomic mass is 32.2. The van der Waals surface area contributed by atoms with Gasteiger partial charge in [-0.1, -0.05) is 5.16 Å². The minimum atomic E-state index is -3.55. The number of rotatable bonds is 4. The van der Waals surface area contributed by atoms with Crippen molar-refractivity contribution in [1.82, 2.24) is 18.7 Å². The van der Waals surface area contributed by atoms with Gasteiger partial charge in [-0.15, -0.1) is 0 Å². The average Bonchev–Trinajstić information content (AvgIpc) is 3.25. The molecule has 0 bridgehead atoms. The van der Waals surface area contributed by atoms with Gasteiger partial charge in [0.15, 0.2) is 0 Å². The molecule has 156 valence electrons. The summed E-state index contributed by atoms with van der Waals surface area (Å²) < 4.78 is 51.7. The van der Waals surface area contributed by atoms with Crippen LogP contribution in [-0.4, -0.2) is 85.5 Å². The first-order chi connectivity index (χ1) is 13.9. The third-order valence-electron chi connectivity index (χ3n) is 5.01. The summed E-state index contributed by atoms with van der Waals surface area (Å²) in [6.07, 6.45) is 0. The van der Waals surface area contributed by atoms with Crippen molar-refractivity contribution >= 4 is 16.1 Å². The number of aromatic nitrogens is 1. The zero-order chi connectivity index (χ0) is 20.4. The van der Waals surface area contributed by atoms with Crippen LogP contribution in [0.5, 0.6) is 0 Å². The van der Waals surface area contributed by atoms with E-state index in [2.05, 4.69) is 5.16 Å². The van der Waals surface area contributed by atoms with Gasteiger partial charge in [0.25, 0.3) is 16.1 Å². The number of hydrogen-bond acceptors (Lipinski definition) is 6. The summed E-state index contributed by atoms with van der Waals surface area (Å²) in [6, 6.07) is 7.22. The van der Waals surface area contributed by atoms with E-state index in [4.69, 9.17) is 9.26 Å². The summed E-state index contributed by atoms with van der Waals surface area (Å²) in [6.45, 7) is 2.40. The van der Waals surface area contributed by atoms with Crippen LogP contribution in [-0.2, 0) is 14.9 Å². The minimum absolute atomic E-state index is 0.0637. The number of ether oxygens (including phenoxy) is 1. The molecule has 0 N–H and O–H groups in total. The number of halogens is 1. The molecule has 2 saturated heterocycles. The fourth-order valence-corrected chi connectivity index (χ4v) is 4.91. The Hall–Kier alpha value is -2.34. The highest BCUT2D eigenvalue weighted by molar-refractivity contribution is 7.86. The molecule has 0 spiro atoms. The Balaban J connectivity index is 1.38. The standard InChI is InChI=1S/C18H21FN4O5S/c19-15-3-1-14(2-4-15)16-13-17(28-20-16)18(24)21-5-7-22(8-6-21)29(25,26)23-9-11-27-12-10-23/h1-4,13H,5-12H2. The summed E-state index contributed by atoms with van der Waals surface area (Å²) in [5.41, 5.74) is 1.07. The summed E-state index contributed by atoms with van der Waals surface area (Å²) >= 11 is 0. The fraction of sp³-hybridized carbons (Fsp3) is 0.444. The molecule has 2 fully saturated rings. The van der Waals surface area contributed by atoms with Gasteiger partial charge >= 0.3 is 0 Å². The van der Waals surface area contributed by atoms with Gasteiger partial charge in [-0.3, -0.25) is 4.79 Å². The maximum absolute atomic E-state index is 13.1. The Kier molecular flexibility index (Phi) is 5.63. The number of nitrogens with zero attached hydrogens (tertiary/aromatic N) is 4. The monoisotopic (exact) mass is 424 g/mol. The Labute approximate surface area is 167 Å². The van der Waals surface area contributed by atoms with Crippen LogP contribution in [0, 0.1) is 5.82 Å². The number of amides is 1. The molecule has 9 nitrogen and oxygen atoms in total. The predicted octanol–water partition coefficient (Wildman–Crippen LogP) is 0.815. The molecule has 0 radical (unpaired) electrons. The molecule has 0 atom stereocenters.